The van der Waals surface area contributed by atoms with E-state index in [2.05, 4.69) is 6.58 Å². The summed E-state index contributed by atoms with van der Waals surface area (Å²) in [6.07, 6.45) is 4.30. The lowest BCUT2D eigenvalue weighted by Crippen LogP contribution is -2.29. The van der Waals surface area contributed by atoms with Crippen molar-refractivity contribution in [3.63, 3.8) is 0 Å². The third kappa shape index (κ3) is 4.02. The molecule has 23 heavy (non-hydrogen) atoms. The molecular formula is C18H19NO3S. The molecule has 0 atom stereocenters. The highest BCUT2D eigenvalue weighted by Gasteiger charge is 2.21. The van der Waals surface area contributed by atoms with Gasteiger partial charge in [-0.05, 0) is 47.0 Å². The lowest BCUT2D eigenvalue weighted by atomic mass is 10.1. The Kier molecular flexibility index (Phi) is 5.60. The first-order chi connectivity index (χ1) is 11.1. The standard InChI is InChI=1S/C18H19NO3S/c1-3-5-14(4-2)19(11-13-8-9-23-12-13)18(22)16-7-6-15(20)10-17(16)21/h4-10,12,20-21H,2-3,11H2,1H3. The molecule has 0 fully saturated rings. The summed E-state index contributed by atoms with van der Waals surface area (Å²) in [5, 5.41) is 23.3. The van der Waals surface area contributed by atoms with Crippen molar-refractivity contribution in [1.29, 1.82) is 0 Å². The number of carbonyl (C=O) groups is 1. The van der Waals surface area contributed by atoms with Crippen molar-refractivity contribution >= 4 is 17.2 Å². The van der Waals surface area contributed by atoms with Gasteiger partial charge in [0.25, 0.3) is 5.91 Å². The van der Waals surface area contributed by atoms with Crippen molar-refractivity contribution in [2.45, 2.75) is 19.9 Å². The molecule has 0 radical (unpaired) electrons. The van der Waals surface area contributed by atoms with Gasteiger partial charge in [-0.2, -0.15) is 11.3 Å². The second-order valence-corrected chi connectivity index (χ2v) is 5.75. The summed E-state index contributed by atoms with van der Waals surface area (Å²) in [5.74, 6) is -0.671. The first-order valence-corrected chi connectivity index (χ1v) is 8.18. The summed E-state index contributed by atoms with van der Waals surface area (Å²) < 4.78 is 0. The summed E-state index contributed by atoms with van der Waals surface area (Å²) >= 11 is 1.56. The van der Waals surface area contributed by atoms with E-state index < -0.39 is 0 Å². The Morgan fingerprint density at radius 1 is 1.35 bits per heavy atom. The van der Waals surface area contributed by atoms with Gasteiger partial charge in [-0.3, -0.25) is 4.79 Å². The van der Waals surface area contributed by atoms with Crippen LogP contribution in [0.15, 0.2) is 59.5 Å². The number of thiophene rings is 1. The molecule has 0 saturated carbocycles. The molecule has 0 aliphatic rings. The van der Waals surface area contributed by atoms with Gasteiger partial charge in [0.1, 0.15) is 11.5 Å². The van der Waals surface area contributed by atoms with Gasteiger partial charge in [0.05, 0.1) is 12.1 Å². The lowest BCUT2D eigenvalue weighted by Gasteiger charge is -2.24. The molecule has 5 heteroatoms. The highest BCUT2D eigenvalue weighted by atomic mass is 32.1. The predicted molar refractivity (Wildman–Crippen MR) is 92.5 cm³/mol. The number of amides is 1. The van der Waals surface area contributed by atoms with E-state index in [1.54, 1.807) is 22.3 Å². The monoisotopic (exact) mass is 329 g/mol. The lowest BCUT2D eigenvalue weighted by molar-refractivity contribution is 0.0798. The molecule has 1 aromatic heterocycles. The van der Waals surface area contributed by atoms with Gasteiger partial charge in [0.15, 0.2) is 0 Å². The SMILES string of the molecule is C=CC(=CCC)N(Cc1ccsc1)C(=O)c1ccc(O)cc1O. The molecular weight excluding hydrogens is 310 g/mol. The Bertz CT molecular complexity index is 720. The molecule has 2 aromatic rings. The van der Waals surface area contributed by atoms with Gasteiger partial charge in [-0.15, -0.1) is 0 Å². The smallest absolute Gasteiger partial charge is 0.262 e. The Labute approximate surface area is 139 Å². The van der Waals surface area contributed by atoms with Crippen molar-refractivity contribution in [3.8, 4) is 11.5 Å². The van der Waals surface area contributed by atoms with Crippen LogP contribution in [0.3, 0.4) is 0 Å². The molecule has 2 rings (SSSR count). The molecule has 0 spiro atoms. The number of hydrogen-bond acceptors (Lipinski definition) is 4. The molecule has 0 saturated heterocycles. The Morgan fingerprint density at radius 3 is 2.70 bits per heavy atom. The molecule has 1 amide bonds. The third-order valence-corrected chi connectivity index (χ3v) is 4.04. The van der Waals surface area contributed by atoms with E-state index in [-0.39, 0.29) is 23.0 Å². The Balaban J connectivity index is 2.41. The van der Waals surface area contributed by atoms with E-state index in [9.17, 15) is 15.0 Å². The Morgan fingerprint density at radius 2 is 2.13 bits per heavy atom. The summed E-state index contributed by atoms with van der Waals surface area (Å²) in [6.45, 7) is 6.15. The first kappa shape index (κ1) is 16.8. The van der Waals surface area contributed by atoms with Crippen LogP contribution < -0.4 is 0 Å². The summed E-state index contributed by atoms with van der Waals surface area (Å²) in [4.78, 5) is 14.5. The molecule has 1 heterocycles. The fourth-order valence-electron chi connectivity index (χ4n) is 2.20. The largest absolute Gasteiger partial charge is 0.508 e. The topological polar surface area (TPSA) is 60.8 Å². The van der Waals surface area contributed by atoms with Crippen LogP contribution >= 0.6 is 11.3 Å². The highest BCUT2D eigenvalue weighted by Crippen LogP contribution is 2.26. The van der Waals surface area contributed by atoms with Gasteiger partial charge < -0.3 is 15.1 Å². The second kappa shape index (κ2) is 7.65. The number of allylic oxidation sites excluding steroid dienone is 2. The van der Waals surface area contributed by atoms with E-state index in [4.69, 9.17) is 0 Å². The van der Waals surface area contributed by atoms with E-state index in [0.29, 0.717) is 12.2 Å². The molecule has 0 aliphatic carbocycles. The zero-order valence-corrected chi connectivity index (χ0v) is 13.7. The summed E-state index contributed by atoms with van der Waals surface area (Å²) in [7, 11) is 0. The van der Waals surface area contributed by atoms with Crippen molar-refractivity contribution in [2.24, 2.45) is 0 Å². The highest BCUT2D eigenvalue weighted by molar-refractivity contribution is 7.07. The number of phenolic OH excluding ortho intramolecular Hbond substituents is 2. The number of benzene rings is 1. The third-order valence-electron chi connectivity index (χ3n) is 3.31. The van der Waals surface area contributed by atoms with E-state index in [1.807, 2.05) is 29.8 Å². The van der Waals surface area contributed by atoms with Crippen LogP contribution in [-0.4, -0.2) is 21.0 Å². The van der Waals surface area contributed by atoms with Crippen LogP contribution in [0.2, 0.25) is 0 Å². The van der Waals surface area contributed by atoms with Crippen molar-refractivity contribution in [3.05, 3.63) is 70.6 Å². The van der Waals surface area contributed by atoms with Crippen molar-refractivity contribution < 1.29 is 15.0 Å². The maximum atomic E-state index is 12.9. The minimum atomic E-state index is -0.340. The molecule has 0 bridgehead atoms. The Hall–Kier alpha value is -2.53. The zero-order chi connectivity index (χ0) is 16.8. The molecule has 2 N–H and O–H groups in total. The molecule has 0 unspecified atom stereocenters. The van der Waals surface area contributed by atoms with Gasteiger partial charge in [-0.1, -0.05) is 19.6 Å². The second-order valence-electron chi connectivity index (χ2n) is 4.97. The number of carbonyl (C=O) groups excluding carboxylic acids is 1. The number of hydrogen-bond donors (Lipinski definition) is 2. The molecule has 0 aliphatic heterocycles. The zero-order valence-electron chi connectivity index (χ0n) is 12.9. The molecule has 4 nitrogen and oxygen atoms in total. The van der Waals surface area contributed by atoms with E-state index in [1.165, 1.54) is 12.1 Å². The number of phenols is 2. The van der Waals surface area contributed by atoms with Gasteiger partial charge in [-0.25, -0.2) is 0 Å². The normalized spacial score (nSPS) is 11.3. The average molecular weight is 329 g/mol. The number of aromatic hydroxyl groups is 2. The minimum absolute atomic E-state index is 0.0866. The minimum Gasteiger partial charge on any atom is -0.508 e. The molecule has 1 aromatic carbocycles. The number of nitrogens with zero attached hydrogens (tertiary/aromatic N) is 1. The quantitative estimate of drug-likeness (QED) is 0.778. The van der Waals surface area contributed by atoms with Gasteiger partial charge in [0, 0.05) is 11.8 Å². The predicted octanol–water partition coefficient (Wildman–Crippen LogP) is 4.28. The van der Waals surface area contributed by atoms with E-state index >= 15 is 0 Å². The maximum Gasteiger partial charge on any atom is 0.262 e. The maximum absolute atomic E-state index is 12.9. The summed E-state index contributed by atoms with van der Waals surface area (Å²) in [6, 6.07) is 5.91. The fraction of sp³-hybridized carbons (Fsp3) is 0.167. The van der Waals surface area contributed by atoms with Crippen LogP contribution in [-0.2, 0) is 6.54 Å². The van der Waals surface area contributed by atoms with Crippen LogP contribution in [0.5, 0.6) is 11.5 Å². The van der Waals surface area contributed by atoms with Crippen LogP contribution in [0.1, 0.15) is 29.3 Å². The number of rotatable bonds is 6. The first-order valence-electron chi connectivity index (χ1n) is 7.24. The van der Waals surface area contributed by atoms with Crippen LogP contribution in [0.25, 0.3) is 0 Å². The van der Waals surface area contributed by atoms with Gasteiger partial charge >= 0.3 is 0 Å². The van der Waals surface area contributed by atoms with Crippen LogP contribution in [0, 0.1) is 0 Å². The van der Waals surface area contributed by atoms with E-state index in [0.717, 1.165) is 18.1 Å². The van der Waals surface area contributed by atoms with Crippen LogP contribution in [0.4, 0.5) is 0 Å². The van der Waals surface area contributed by atoms with Crippen molar-refractivity contribution in [2.75, 3.05) is 0 Å². The molecule has 120 valence electrons. The van der Waals surface area contributed by atoms with Crippen molar-refractivity contribution in [1.82, 2.24) is 4.90 Å². The fourth-order valence-corrected chi connectivity index (χ4v) is 2.86. The summed E-state index contributed by atoms with van der Waals surface area (Å²) in [5.41, 5.74) is 1.84. The van der Waals surface area contributed by atoms with Gasteiger partial charge in [0.2, 0.25) is 0 Å². The average Bonchev–Trinajstić information content (AvgIpc) is 3.03.